The molecule has 7 rings (SSSR count). The maximum Gasteiger partial charge on any atom is 0.242 e. The molecule has 1 saturated heterocycles. The van der Waals surface area contributed by atoms with E-state index in [1.54, 1.807) is 23.9 Å². The minimum absolute atomic E-state index is 0.0701. The Morgan fingerprint density at radius 2 is 2.06 bits per heavy atom. The summed E-state index contributed by atoms with van der Waals surface area (Å²) in [6.45, 7) is 4.50. The van der Waals surface area contributed by atoms with Crippen LogP contribution in [0.1, 0.15) is 31.2 Å². The lowest BCUT2D eigenvalue weighted by Crippen LogP contribution is -2.54. The third kappa shape index (κ3) is 3.72. The molecule has 0 radical (unpaired) electrons. The van der Waals surface area contributed by atoms with Gasteiger partial charge in [0.1, 0.15) is 22.8 Å². The van der Waals surface area contributed by atoms with E-state index >= 15 is 0 Å². The van der Waals surface area contributed by atoms with Crippen LogP contribution in [-0.4, -0.2) is 66.0 Å². The largest absolute Gasteiger partial charge is 0.358 e. The Balaban J connectivity index is 1.08. The van der Waals surface area contributed by atoms with Crippen LogP contribution in [0.2, 0.25) is 0 Å². The van der Waals surface area contributed by atoms with Crippen LogP contribution in [0.3, 0.4) is 0 Å². The van der Waals surface area contributed by atoms with Gasteiger partial charge in [-0.15, -0.1) is 11.3 Å². The van der Waals surface area contributed by atoms with Crippen molar-refractivity contribution < 1.29 is 4.79 Å². The highest BCUT2D eigenvalue weighted by molar-refractivity contribution is 7.14. The number of fused-ring (bicyclic) bond motifs is 2. The Bertz CT molecular complexity index is 1580. The molecule has 5 heterocycles. The van der Waals surface area contributed by atoms with E-state index in [1.807, 2.05) is 27.1 Å². The summed E-state index contributed by atoms with van der Waals surface area (Å²) < 4.78 is 1.83. The second-order valence-electron chi connectivity index (χ2n) is 9.74. The lowest BCUT2D eigenvalue weighted by Gasteiger charge is -2.40. The maximum atomic E-state index is 13.2. The quantitative estimate of drug-likeness (QED) is 0.393. The second-order valence-corrected chi connectivity index (χ2v) is 10.6. The van der Waals surface area contributed by atoms with E-state index in [9.17, 15) is 4.79 Å². The fourth-order valence-corrected chi connectivity index (χ4v) is 6.03. The van der Waals surface area contributed by atoms with E-state index in [2.05, 4.69) is 50.0 Å². The third-order valence-corrected chi connectivity index (χ3v) is 8.13. The van der Waals surface area contributed by atoms with E-state index in [4.69, 9.17) is 4.98 Å². The number of pyridine rings is 1. The molecule has 182 valence electrons. The normalized spacial score (nSPS) is 18.4. The Morgan fingerprint density at radius 3 is 2.92 bits per heavy atom. The van der Waals surface area contributed by atoms with Crippen LogP contribution < -0.4 is 4.90 Å². The zero-order valence-electron chi connectivity index (χ0n) is 20.0. The number of H-pyrrole nitrogens is 1. The molecule has 36 heavy (non-hydrogen) atoms. The zero-order chi connectivity index (χ0) is 24.2. The molecule has 1 atom stereocenters. The van der Waals surface area contributed by atoms with E-state index < -0.39 is 0 Å². The lowest BCUT2D eigenvalue weighted by atomic mass is 10.1. The number of nitrogens with zero attached hydrogens (tertiary/aromatic N) is 7. The Hall–Kier alpha value is -3.79. The smallest absolute Gasteiger partial charge is 0.242 e. The second kappa shape index (κ2) is 8.41. The van der Waals surface area contributed by atoms with E-state index in [-0.39, 0.29) is 18.5 Å². The SMILES string of the molecule is C[C@@H]1CN(c2scnc2-c2nc3ccc(C4CC4)cc3[nH]2)CCN1C(=O)Cn1cnc2cccnc21. The van der Waals surface area contributed by atoms with Gasteiger partial charge < -0.3 is 19.4 Å². The van der Waals surface area contributed by atoms with Crippen molar-refractivity contribution >= 4 is 44.4 Å². The first-order chi connectivity index (χ1) is 17.6. The minimum Gasteiger partial charge on any atom is -0.358 e. The van der Waals surface area contributed by atoms with E-state index in [0.29, 0.717) is 12.5 Å². The number of imidazole rings is 2. The van der Waals surface area contributed by atoms with Crippen LogP contribution in [0.5, 0.6) is 0 Å². The predicted molar refractivity (Wildman–Crippen MR) is 140 cm³/mol. The summed E-state index contributed by atoms with van der Waals surface area (Å²) in [5.74, 6) is 1.60. The molecule has 1 aliphatic heterocycles. The van der Waals surface area contributed by atoms with Crippen molar-refractivity contribution in [1.29, 1.82) is 0 Å². The van der Waals surface area contributed by atoms with Crippen molar-refractivity contribution in [3.8, 4) is 11.5 Å². The highest BCUT2D eigenvalue weighted by Crippen LogP contribution is 2.41. The number of thiazole rings is 1. The van der Waals surface area contributed by atoms with E-state index in [1.165, 1.54) is 18.4 Å². The third-order valence-electron chi connectivity index (χ3n) is 7.24. The molecule has 0 spiro atoms. The van der Waals surface area contributed by atoms with Crippen LogP contribution in [0.4, 0.5) is 5.00 Å². The summed E-state index contributed by atoms with van der Waals surface area (Å²) in [5, 5.41) is 1.10. The lowest BCUT2D eigenvalue weighted by molar-refractivity contribution is -0.134. The van der Waals surface area contributed by atoms with Crippen molar-refractivity contribution in [3.63, 3.8) is 0 Å². The number of carbonyl (C=O) groups excluding carboxylic acids is 1. The van der Waals surface area contributed by atoms with Crippen LogP contribution in [0.25, 0.3) is 33.7 Å². The molecule has 0 unspecified atom stereocenters. The first-order valence-corrected chi connectivity index (χ1v) is 13.3. The first-order valence-electron chi connectivity index (χ1n) is 12.4. The molecule has 5 aromatic rings. The Morgan fingerprint density at radius 1 is 1.14 bits per heavy atom. The average molecular weight is 499 g/mol. The molecule has 4 aromatic heterocycles. The molecule has 1 saturated carbocycles. The summed E-state index contributed by atoms with van der Waals surface area (Å²) in [6, 6.07) is 10.4. The molecule has 9 nitrogen and oxygen atoms in total. The number of aromatic amines is 1. The fourth-order valence-electron chi connectivity index (χ4n) is 5.20. The zero-order valence-corrected chi connectivity index (χ0v) is 20.8. The van der Waals surface area contributed by atoms with Crippen molar-refractivity contribution in [2.24, 2.45) is 0 Å². The van der Waals surface area contributed by atoms with Crippen LogP contribution in [0, 0.1) is 0 Å². The van der Waals surface area contributed by atoms with Crippen LogP contribution in [-0.2, 0) is 11.3 Å². The summed E-state index contributed by atoms with van der Waals surface area (Å²) in [7, 11) is 0. The summed E-state index contributed by atoms with van der Waals surface area (Å²) in [5.41, 5.74) is 7.73. The topological polar surface area (TPSA) is 95.8 Å². The van der Waals surface area contributed by atoms with Gasteiger partial charge >= 0.3 is 0 Å². The maximum absolute atomic E-state index is 13.2. The number of hydrogen-bond acceptors (Lipinski definition) is 7. The van der Waals surface area contributed by atoms with Crippen molar-refractivity contribution in [2.75, 3.05) is 24.5 Å². The molecule has 1 aromatic carbocycles. The molecule has 10 heteroatoms. The van der Waals surface area contributed by atoms with Crippen molar-refractivity contribution in [2.45, 2.75) is 38.3 Å². The van der Waals surface area contributed by atoms with Crippen molar-refractivity contribution in [3.05, 3.63) is 53.9 Å². The van der Waals surface area contributed by atoms with Gasteiger partial charge in [0.2, 0.25) is 5.91 Å². The number of aromatic nitrogens is 6. The molecule has 0 bridgehead atoms. The number of amides is 1. The van der Waals surface area contributed by atoms with Gasteiger partial charge in [-0.1, -0.05) is 6.07 Å². The van der Waals surface area contributed by atoms with Crippen LogP contribution >= 0.6 is 11.3 Å². The fraction of sp³-hybridized carbons (Fsp3) is 0.346. The van der Waals surface area contributed by atoms with Gasteiger partial charge in [-0.05, 0) is 55.5 Å². The molecular weight excluding hydrogens is 472 g/mol. The van der Waals surface area contributed by atoms with Crippen LogP contribution in [0.15, 0.2) is 48.4 Å². The number of carbonyl (C=O) groups is 1. The number of anilines is 1. The molecular formula is C26H26N8OS. The predicted octanol–water partition coefficient (Wildman–Crippen LogP) is 4.05. The van der Waals surface area contributed by atoms with Gasteiger partial charge in [0.05, 0.1) is 22.9 Å². The molecule has 2 fully saturated rings. The van der Waals surface area contributed by atoms with Gasteiger partial charge in [0.15, 0.2) is 11.5 Å². The highest BCUT2D eigenvalue weighted by atomic mass is 32.1. The van der Waals surface area contributed by atoms with Gasteiger partial charge in [-0.25, -0.2) is 19.9 Å². The standard InChI is InChI=1S/C26H26N8OS/c1-16-12-32(9-10-34(16)22(35)13-33-14-28-20-3-2-8-27-25(20)33)26-23(29-15-36-26)24-30-19-7-6-18(17-4-5-17)11-21(19)31-24/h2-3,6-8,11,14-17H,4-5,9-10,12-13H2,1H3,(H,30,31)/t16-/m1/s1. The molecule has 1 N–H and O–H groups in total. The number of benzene rings is 1. The molecule has 1 amide bonds. The van der Waals surface area contributed by atoms with E-state index in [0.717, 1.165) is 51.8 Å². The summed E-state index contributed by atoms with van der Waals surface area (Å²) in [4.78, 5) is 39.2. The minimum atomic E-state index is 0.0701. The number of hydrogen-bond donors (Lipinski definition) is 1. The highest BCUT2D eigenvalue weighted by Gasteiger charge is 2.30. The molecule has 2 aliphatic rings. The van der Waals surface area contributed by atoms with Gasteiger partial charge in [0, 0.05) is 31.9 Å². The monoisotopic (exact) mass is 498 g/mol. The Labute approximate surface area is 211 Å². The number of piperazine rings is 1. The average Bonchev–Trinajstić information content (AvgIpc) is 3.29. The van der Waals surface area contributed by atoms with Gasteiger partial charge in [-0.2, -0.15) is 0 Å². The number of nitrogens with one attached hydrogen (secondary N) is 1. The van der Waals surface area contributed by atoms with Gasteiger partial charge in [-0.3, -0.25) is 4.79 Å². The molecule has 1 aliphatic carbocycles. The van der Waals surface area contributed by atoms with Crippen molar-refractivity contribution in [1.82, 2.24) is 34.4 Å². The van der Waals surface area contributed by atoms with Gasteiger partial charge in [0.25, 0.3) is 0 Å². The first kappa shape index (κ1) is 21.5. The summed E-state index contributed by atoms with van der Waals surface area (Å²) in [6.07, 6.45) is 5.99. The summed E-state index contributed by atoms with van der Waals surface area (Å²) >= 11 is 1.63. The Kier molecular flexibility index (Phi) is 5.02. The number of rotatable bonds is 5.